The first-order valence-electron chi connectivity index (χ1n) is 25.7. The summed E-state index contributed by atoms with van der Waals surface area (Å²) in [5, 5.41) is 39.8. The number of nitrogens with one attached hydrogen (secondary N) is 10. The Morgan fingerprint density at radius 1 is 0.616 bits per heavy atom. The molecule has 1 aromatic carbocycles. The Morgan fingerprint density at radius 2 is 1.12 bits per heavy atom. The van der Waals surface area contributed by atoms with Crippen LogP contribution in [0.2, 0.25) is 0 Å². The minimum Gasteiger partial charge on any atom is -0.480 e. The molecule has 1 heterocycles. The Labute approximate surface area is 429 Å². The molecule has 0 aliphatic rings. The van der Waals surface area contributed by atoms with E-state index in [0.717, 1.165) is 16.5 Å². The van der Waals surface area contributed by atoms with Gasteiger partial charge >= 0.3 is 5.97 Å². The first-order chi connectivity index (χ1) is 34.5. The number of aromatic amines is 1. The van der Waals surface area contributed by atoms with Crippen LogP contribution in [0, 0.1) is 23.2 Å². The van der Waals surface area contributed by atoms with E-state index in [1.54, 1.807) is 13.1 Å². The number of unbranched alkanes of at least 4 members (excludes halogenated alkanes) is 2. The number of carboxylic acid groups (broad SMARTS) is 1. The summed E-state index contributed by atoms with van der Waals surface area (Å²) < 4.78 is 0. The Bertz CT molecular complexity index is 2120. The van der Waals surface area contributed by atoms with Gasteiger partial charge < -0.3 is 75.6 Å². The highest BCUT2D eigenvalue weighted by Gasteiger charge is 2.35. The highest BCUT2D eigenvalue weighted by Crippen LogP contribution is 2.20. The van der Waals surface area contributed by atoms with Crippen molar-refractivity contribution in [1.29, 1.82) is 5.41 Å². The van der Waals surface area contributed by atoms with E-state index >= 15 is 0 Å². The van der Waals surface area contributed by atoms with Crippen LogP contribution in [0.4, 0.5) is 0 Å². The fourth-order valence-electron chi connectivity index (χ4n) is 8.07. The average molecular weight is 1030 g/mol. The highest BCUT2D eigenvalue weighted by atomic mass is 16.4. The molecule has 410 valence electrons. The van der Waals surface area contributed by atoms with Gasteiger partial charge in [0.1, 0.15) is 42.3 Å². The zero-order valence-electron chi connectivity index (χ0n) is 43.9. The molecule has 0 spiro atoms. The number of hydrogen-bond acceptors (Lipinski definition) is 12. The van der Waals surface area contributed by atoms with Crippen molar-refractivity contribution in [1.82, 2.24) is 47.5 Å². The van der Waals surface area contributed by atoms with Gasteiger partial charge in [0, 0.05) is 30.1 Å². The maximum Gasteiger partial charge on any atom is 0.326 e. The third kappa shape index (κ3) is 22.5. The predicted molar refractivity (Wildman–Crippen MR) is 280 cm³/mol. The second-order valence-electron chi connectivity index (χ2n) is 19.7. The van der Waals surface area contributed by atoms with E-state index in [0.29, 0.717) is 51.6 Å². The molecule has 0 radical (unpaired) electrons. The number of benzene rings is 1. The second kappa shape index (κ2) is 32.7. The quantitative estimate of drug-likeness (QED) is 0.0249. The van der Waals surface area contributed by atoms with Crippen molar-refractivity contribution in [3.8, 4) is 0 Å². The summed E-state index contributed by atoms with van der Waals surface area (Å²) in [6.45, 7) is 13.3. The molecule has 0 saturated heterocycles. The summed E-state index contributed by atoms with van der Waals surface area (Å²) in [6, 6.07) is -1.81. The van der Waals surface area contributed by atoms with Gasteiger partial charge in [0.25, 0.3) is 0 Å². The molecule has 73 heavy (non-hydrogen) atoms. The number of hydrogen-bond donors (Lipinski definition) is 15. The van der Waals surface area contributed by atoms with Gasteiger partial charge in [0.2, 0.25) is 41.4 Å². The number of aliphatic carboxylic acids is 1. The molecule has 0 bridgehead atoms. The molecule has 0 aliphatic heterocycles. The van der Waals surface area contributed by atoms with Crippen molar-refractivity contribution in [3.05, 3.63) is 36.0 Å². The third-order valence-corrected chi connectivity index (χ3v) is 12.4. The summed E-state index contributed by atoms with van der Waals surface area (Å²) in [5.74, 6) is -6.85. The van der Waals surface area contributed by atoms with Crippen LogP contribution < -0.4 is 65.5 Å². The fraction of sp³-hybridized carbons (Fsp3) is 0.660. The third-order valence-electron chi connectivity index (χ3n) is 12.4. The number of para-hydroxylation sites is 1. The number of rotatable bonds is 35. The van der Waals surface area contributed by atoms with Gasteiger partial charge in [-0.3, -0.25) is 39.0 Å². The average Bonchev–Trinajstić information content (AvgIpc) is 3.74. The van der Waals surface area contributed by atoms with Crippen LogP contribution in [-0.4, -0.2) is 131 Å². The van der Waals surface area contributed by atoms with Crippen LogP contribution in [0.25, 0.3) is 10.9 Å². The van der Waals surface area contributed by atoms with Crippen molar-refractivity contribution in [2.45, 2.75) is 174 Å². The number of aromatic nitrogens is 1. The Balaban J connectivity index is 2.35. The van der Waals surface area contributed by atoms with E-state index in [2.05, 4.69) is 47.5 Å². The van der Waals surface area contributed by atoms with Gasteiger partial charge in [-0.25, -0.2) is 4.79 Å². The molecule has 0 aliphatic carbocycles. The topological polar surface area (TPSA) is 397 Å². The molecule has 2 rings (SSSR count). The molecule has 23 nitrogen and oxygen atoms in total. The minimum absolute atomic E-state index is 0.000423. The number of guanidine groups is 1. The van der Waals surface area contributed by atoms with Crippen LogP contribution in [0.5, 0.6) is 0 Å². The summed E-state index contributed by atoms with van der Waals surface area (Å²) in [6.07, 6.45) is 5.16. The number of nitrogens with two attached hydrogens (primary N) is 4. The number of carbonyl (C=O) groups excluding carboxylic acids is 7. The number of carbonyl (C=O) groups is 8. The molecule has 0 unspecified atom stereocenters. The normalized spacial score (nSPS) is 15.1. The summed E-state index contributed by atoms with van der Waals surface area (Å²) in [7, 11) is 0. The van der Waals surface area contributed by atoms with Gasteiger partial charge in [-0.2, -0.15) is 0 Å². The molecule has 0 fully saturated rings. The minimum atomic E-state index is -1.27. The summed E-state index contributed by atoms with van der Waals surface area (Å²) in [5.41, 5.74) is 24.5. The largest absolute Gasteiger partial charge is 0.480 e. The SMILES string of the molecule is CC[C@H](C)[C@H](NC(=O)[C@H](Cc1c[nH]c2ccccc12)NC(=O)[C@@H](N)CC(C)C)C(=O)N[C@@H](C)C(=O)N[C@@H](CC(C)C)C(=O)N[C@@H](CCCNC(=N)N)C(=O)N[C@@H](CCCCN)C(=O)N[C@@H](CCCCN)C(=O)O. The van der Waals surface area contributed by atoms with E-state index < -0.39 is 102 Å². The van der Waals surface area contributed by atoms with Crippen molar-refractivity contribution in [3.63, 3.8) is 0 Å². The van der Waals surface area contributed by atoms with E-state index in [1.165, 1.54) is 6.92 Å². The lowest BCUT2D eigenvalue weighted by Crippen LogP contribution is -2.60. The molecule has 23 heteroatoms. The van der Waals surface area contributed by atoms with Crippen molar-refractivity contribution in [2.24, 2.45) is 40.7 Å². The van der Waals surface area contributed by atoms with Gasteiger partial charge in [-0.15, -0.1) is 0 Å². The lowest BCUT2D eigenvalue weighted by molar-refractivity contribution is -0.142. The molecule has 2 aromatic rings. The maximum absolute atomic E-state index is 14.2. The fourth-order valence-corrected chi connectivity index (χ4v) is 8.07. The number of H-pyrrole nitrogens is 1. The van der Waals surface area contributed by atoms with Crippen molar-refractivity contribution < 1.29 is 43.5 Å². The van der Waals surface area contributed by atoms with Crippen molar-refractivity contribution >= 4 is 64.2 Å². The van der Waals surface area contributed by atoms with E-state index in [-0.39, 0.29) is 62.9 Å². The lowest BCUT2D eigenvalue weighted by atomic mass is 9.96. The second-order valence-corrected chi connectivity index (χ2v) is 19.7. The Morgan fingerprint density at radius 3 is 1.67 bits per heavy atom. The van der Waals surface area contributed by atoms with Crippen LogP contribution in [0.3, 0.4) is 0 Å². The van der Waals surface area contributed by atoms with Gasteiger partial charge in [-0.1, -0.05) is 66.2 Å². The Hall–Kier alpha value is -6.33. The lowest BCUT2D eigenvalue weighted by Gasteiger charge is -2.29. The van der Waals surface area contributed by atoms with Crippen LogP contribution in [-0.2, 0) is 44.8 Å². The van der Waals surface area contributed by atoms with Crippen LogP contribution >= 0.6 is 0 Å². The monoisotopic (exact) mass is 1030 g/mol. The van der Waals surface area contributed by atoms with Crippen LogP contribution in [0.1, 0.15) is 125 Å². The Kier molecular flexibility index (Phi) is 28.1. The first kappa shape index (κ1) is 62.8. The molecule has 7 amide bonds. The van der Waals surface area contributed by atoms with Gasteiger partial charge in [0.15, 0.2) is 5.96 Å². The zero-order chi connectivity index (χ0) is 54.8. The summed E-state index contributed by atoms with van der Waals surface area (Å²) in [4.78, 5) is 112. The first-order valence-corrected chi connectivity index (χ1v) is 25.7. The van der Waals surface area contributed by atoms with Crippen molar-refractivity contribution in [2.75, 3.05) is 19.6 Å². The van der Waals surface area contributed by atoms with Crippen LogP contribution in [0.15, 0.2) is 30.5 Å². The molecular formula is C50H86N14O9. The predicted octanol–water partition coefficient (Wildman–Crippen LogP) is 0.195. The number of amides is 7. The number of carboxylic acids is 1. The standard InChI is InChI=1S/C50H86N14O9/c1-8-30(6)41(64-47(70)40(63-43(66)34(53)24-28(2)3)26-32-27-57-35-17-10-9-16-33(32)35)48(71)58-31(7)42(65)62-39(25-29(4)5)46(69)60-37(20-15-23-56-50(54)55)44(67)59-36(18-11-13-21-51)45(68)61-38(49(72)73)19-12-14-22-52/h9-10,16-17,27-31,34,36-41,57H,8,11-15,18-26,51-53H2,1-7H3,(H,58,71)(H,59,67)(H,60,69)(H,61,68)(H,62,65)(H,63,66)(H,64,70)(H,72,73)(H4,54,55,56)/t30-,31-,34-,36-,37-,38-,39-,40-,41-/m0/s1. The van der Waals surface area contributed by atoms with E-state index in [4.69, 9.17) is 28.3 Å². The molecule has 1 aromatic heterocycles. The highest BCUT2D eigenvalue weighted by molar-refractivity contribution is 5.98. The zero-order valence-corrected chi connectivity index (χ0v) is 43.9. The molecule has 0 saturated carbocycles. The van der Waals surface area contributed by atoms with E-state index in [1.807, 2.05) is 58.9 Å². The van der Waals surface area contributed by atoms with E-state index in [9.17, 15) is 43.5 Å². The smallest absolute Gasteiger partial charge is 0.326 e. The molecule has 9 atom stereocenters. The number of fused-ring (bicyclic) bond motifs is 1. The molecule has 19 N–H and O–H groups in total. The van der Waals surface area contributed by atoms with Gasteiger partial charge in [0.05, 0.1) is 6.04 Å². The maximum atomic E-state index is 14.2. The van der Waals surface area contributed by atoms with Gasteiger partial charge in [-0.05, 0) is 114 Å². The summed E-state index contributed by atoms with van der Waals surface area (Å²) >= 11 is 0. The molecular weight excluding hydrogens is 941 g/mol.